The molecule has 0 bridgehead atoms. The number of alkyl halides is 2. The minimum atomic E-state index is 0.194. The molecule has 0 aliphatic heterocycles. The normalized spacial score (nSPS) is 8.31. The Kier molecular flexibility index (Phi) is 7.65. The predicted octanol–water partition coefficient (Wildman–Crippen LogP) is 3.13. The summed E-state index contributed by atoms with van der Waals surface area (Å²) in [6.07, 6.45) is 0. The van der Waals surface area contributed by atoms with Crippen molar-refractivity contribution in [3.8, 4) is 11.5 Å². The molecule has 1 aromatic carbocycles. The number of halogens is 2. The van der Waals surface area contributed by atoms with Crippen molar-refractivity contribution < 1.29 is 9.47 Å². The minimum Gasteiger partial charge on any atom is -0.497 e. The molecule has 0 spiro atoms. The lowest BCUT2D eigenvalue weighted by Gasteiger charge is -2.01. The van der Waals surface area contributed by atoms with Crippen LogP contribution in [0.15, 0.2) is 24.3 Å². The van der Waals surface area contributed by atoms with Crippen LogP contribution >= 0.6 is 23.2 Å². The van der Waals surface area contributed by atoms with Crippen molar-refractivity contribution in [2.75, 3.05) is 19.6 Å². The summed E-state index contributed by atoms with van der Waals surface area (Å²) in [6.45, 7) is 0. The van der Waals surface area contributed by atoms with Crippen LogP contribution < -0.4 is 9.47 Å². The van der Waals surface area contributed by atoms with Gasteiger partial charge in [-0.2, -0.15) is 0 Å². The van der Waals surface area contributed by atoms with Crippen LogP contribution in [0.5, 0.6) is 11.5 Å². The lowest BCUT2D eigenvalue weighted by atomic mass is 10.3. The first-order valence-corrected chi connectivity index (χ1v) is 4.65. The number of ether oxygens (including phenoxy) is 2. The molecule has 0 aliphatic carbocycles. The van der Waals surface area contributed by atoms with Crippen LogP contribution in [0.3, 0.4) is 0 Å². The number of hydrogen-bond acceptors (Lipinski definition) is 2. The Bertz CT molecular complexity index is 209. The van der Waals surface area contributed by atoms with Gasteiger partial charge in [0.15, 0.2) is 0 Å². The third-order valence-corrected chi connectivity index (χ3v) is 1.28. The van der Waals surface area contributed by atoms with Gasteiger partial charge in [0.2, 0.25) is 0 Å². The fourth-order valence-electron chi connectivity index (χ4n) is 0.728. The summed E-state index contributed by atoms with van der Waals surface area (Å²) in [4.78, 5) is 0. The molecule has 4 heteroatoms. The molecule has 0 saturated heterocycles. The van der Waals surface area contributed by atoms with Crippen LogP contribution in [0.2, 0.25) is 0 Å². The Labute approximate surface area is 88.4 Å². The fourth-order valence-corrected chi connectivity index (χ4v) is 0.728. The van der Waals surface area contributed by atoms with Gasteiger partial charge in [-0.15, -0.1) is 23.2 Å². The van der Waals surface area contributed by atoms with E-state index in [-0.39, 0.29) is 5.34 Å². The quantitative estimate of drug-likeness (QED) is 0.717. The first-order valence-electron chi connectivity index (χ1n) is 3.58. The summed E-state index contributed by atoms with van der Waals surface area (Å²) in [5.41, 5.74) is 0. The summed E-state index contributed by atoms with van der Waals surface area (Å²) in [7, 11) is 3.27. The Morgan fingerprint density at radius 3 is 1.77 bits per heavy atom. The predicted molar refractivity (Wildman–Crippen MR) is 56.1 cm³/mol. The zero-order chi connectivity index (χ0) is 10.1. The van der Waals surface area contributed by atoms with E-state index in [4.69, 9.17) is 32.7 Å². The van der Waals surface area contributed by atoms with Gasteiger partial charge in [0.05, 0.1) is 19.6 Å². The Morgan fingerprint density at radius 1 is 1.08 bits per heavy atom. The van der Waals surface area contributed by atoms with Gasteiger partial charge in [-0.05, 0) is 12.1 Å². The molecule has 2 nitrogen and oxygen atoms in total. The van der Waals surface area contributed by atoms with Crippen LogP contribution in [0, 0.1) is 0 Å². The highest BCUT2D eigenvalue weighted by Crippen LogP contribution is 2.17. The average Bonchev–Trinajstić information content (AvgIpc) is 2.19. The van der Waals surface area contributed by atoms with E-state index < -0.39 is 0 Å². The zero-order valence-corrected chi connectivity index (χ0v) is 9.10. The van der Waals surface area contributed by atoms with Gasteiger partial charge >= 0.3 is 0 Å². The summed E-state index contributed by atoms with van der Waals surface area (Å²) in [6, 6.07) is 7.47. The van der Waals surface area contributed by atoms with E-state index in [2.05, 4.69) is 0 Å². The largest absolute Gasteiger partial charge is 0.497 e. The van der Waals surface area contributed by atoms with Gasteiger partial charge in [-0.25, -0.2) is 0 Å². The maximum Gasteiger partial charge on any atom is 0.122 e. The fraction of sp³-hybridized carbons (Fsp3) is 0.333. The van der Waals surface area contributed by atoms with Gasteiger partial charge in [-0.3, -0.25) is 0 Å². The standard InChI is InChI=1S/C8H10O2.CH2Cl2/c1-9-7-4-3-5-8(6-7)10-2;2-1-3/h3-6H,1-2H3;1H2. The van der Waals surface area contributed by atoms with Crippen molar-refractivity contribution in [3.05, 3.63) is 24.3 Å². The molecule has 0 aromatic heterocycles. The molecule has 74 valence electrons. The minimum absolute atomic E-state index is 0.194. The van der Waals surface area contributed by atoms with Crippen LogP contribution in [0.4, 0.5) is 0 Å². The molecule has 0 radical (unpaired) electrons. The number of methoxy groups -OCH3 is 2. The first kappa shape index (κ1) is 12.4. The van der Waals surface area contributed by atoms with Crippen molar-refractivity contribution in [1.82, 2.24) is 0 Å². The van der Waals surface area contributed by atoms with E-state index in [1.54, 1.807) is 14.2 Å². The monoisotopic (exact) mass is 222 g/mol. The van der Waals surface area contributed by atoms with Crippen LogP contribution in [0.25, 0.3) is 0 Å². The van der Waals surface area contributed by atoms with Gasteiger partial charge in [0, 0.05) is 6.07 Å². The summed E-state index contributed by atoms with van der Waals surface area (Å²) < 4.78 is 9.95. The smallest absolute Gasteiger partial charge is 0.122 e. The van der Waals surface area contributed by atoms with E-state index in [0.717, 1.165) is 11.5 Å². The maximum atomic E-state index is 4.98. The molecule has 0 saturated carbocycles. The second kappa shape index (κ2) is 8.02. The molecule has 13 heavy (non-hydrogen) atoms. The van der Waals surface area contributed by atoms with Gasteiger partial charge in [0.1, 0.15) is 11.5 Å². The molecular weight excluding hydrogens is 211 g/mol. The number of benzene rings is 1. The van der Waals surface area contributed by atoms with Crippen molar-refractivity contribution >= 4 is 23.2 Å². The lowest BCUT2D eigenvalue weighted by Crippen LogP contribution is -1.84. The van der Waals surface area contributed by atoms with Crippen LogP contribution in [-0.4, -0.2) is 19.6 Å². The topological polar surface area (TPSA) is 18.5 Å². The Balaban J connectivity index is 0.000000424. The SMILES string of the molecule is COc1cccc(OC)c1.ClCCl. The van der Waals surface area contributed by atoms with E-state index >= 15 is 0 Å². The highest BCUT2D eigenvalue weighted by molar-refractivity contribution is 6.40. The Morgan fingerprint density at radius 2 is 1.46 bits per heavy atom. The lowest BCUT2D eigenvalue weighted by molar-refractivity contribution is 0.394. The summed E-state index contributed by atoms with van der Waals surface area (Å²) in [5, 5.41) is 0.194. The van der Waals surface area contributed by atoms with E-state index in [1.807, 2.05) is 24.3 Å². The van der Waals surface area contributed by atoms with E-state index in [0.29, 0.717) is 0 Å². The maximum absolute atomic E-state index is 4.98. The highest BCUT2D eigenvalue weighted by atomic mass is 35.5. The zero-order valence-electron chi connectivity index (χ0n) is 7.59. The second-order valence-corrected chi connectivity index (χ2v) is 2.79. The first-order chi connectivity index (χ1) is 6.28. The van der Waals surface area contributed by atoms with Crippen molar-refractivity contribution in [3.63, 3.8) is 0 Å². The number of rotatable bonds is 2. The van der Waals surface area contributed by atoms with Gasteiger partial charge in [-0.1, -0.05) is 6.07 Å². The van der Waals surface area contributed by atoms with Gasteiger partial charge in [0.25, 0.3) is 0 Å². The van der Waals surface area contributed by atoms with E-state index in [1.165, 1.54) is 0 Å². The van der Waals surface area contributed by atoms with Crippen molar-refractivity contribution in [2.45, 2.75) is 0 Å². The van der Waals surface area contributed by atoms with E-state index in [9.17, 15) is 0 Å². The van der Waals surface area contributed by atoms with Crippen molar-refractivity contribution in [2.24, 2.45) is 0 Å². The average molecular weight is 223 g/mol. The molecule has 1 aromatic rings. The van der Waals surface area contributed by atoms with Crippen molar-refractivity contribution in [1.29, 1.82) is 0 Å². The molecule has 0 atom stereocenters. The van der Waals surface area contributed by atoms with Crippen LogP contribution in [-0.2, 0) is 0 Å². The molecule has 1 rings (SSSR count). The van der Waals surface area contributed by atoms with Crippen LogP contribution in [0.1, 0.15) is 0 Å². The number of hydrogen-bond donors (Lipinski definition) is 0. The van der Waals surface area contributed by atoms with Gasteiger partial charge < -0.3 is 9.47 Å². The molecule has 0 amide bonds. The molecular formula is C9H12Cl2O2. The summed E-state index contributed by atoms with van der Waals surface area (Å²) >= 11 is 9.53. The second-order valence-electron chi connectivity index (χ2n) is 1.98. The third-order valence-electron chi connectivity index (χ3n) is 1.28. The molecule has 0 aliphatic rings. The molecule has 0 N–H and O–H groups in total. The summed E-state index contributed by atoms with van der Waals surface area (Å²) in [5.74, 6) is 1.64. The molecule has 0 heterocycles. The molecule has 0 fully saturated rings. The third kappa shape index (κ3) is 5.61. The highest BCUT2D eigenvalue weighted by Gasteiger charge is 1.91. The Hall–Kier alpha value is -0.600. The molecule has 0 unspecified atom stereocenters.